The first-order valence-electron chi connectivity index (χ1n) is 11.5. The van der Waals surface area contributed by atoms with Crippen LogP contribution in [0.4, 0.5) is 5.69 Å². The van der Waals surface area contributed by atoms with Gasteiger partial charge in [0, 0.05) is 31.1 Å². The van der Waals surface area contributed by atoms with Gasteiger partial charge < -0.3 is 15.0 Å². The fourth-order valence-corrected chi connectivity index (χ4v) is 4.74. The van der Waals surface area contributed by atoms with E-state index in [0.717, 1.165) is 18.2 Å². The Morgan fingerprint density at radius 3 is 2.40 bits per heavy atom. The lowest BCUT2D eigenvalue weighted by atomic mass is 10.1. The Balaban J connectivity index is 2.14. The van der Waals surface area contributed by atoms with Gasteiger partial charge in [-0.05, 0) is 61.7 Å². The lowest BCUT2D eigenvalue weighted by molar-refractivity contribution is -0.140. The molecular formula is C25H34ClN3O5S. The van der Waals surface area contributed by atoms with Crippen molar-refractivity contribution in [3.05, 3.63) is 59.1 Å². The van der Waals surface area contributed by atoms with Crippen LogP contribution in [0.2, 0.25) is 5.02 Å². The van der Waals surface area contributed by atoms with Crippen molar-refractivity contribution in [2.45, 2.75) is 45.7 Å². The van der Waals surface area contributed by atoms with Gasteiger partial charge in [0.1, 0.15) is 11.8 Å². The lowest BCUT2D eigenvalue weighted by Gasteiger charge is -2.29. The number of ether oxygens (including phenoxy) is 1. The number of nitrogens with zero attached hydrogens (tertiary/aromatic N) is 2. The van der Waals surface area contributed by atoms with Crippen LogP contribution < -0.4 is 14.4 Å². The molecule has 0 bridgehead atoms. The zero-order chi connectivity index (χ0) is 26.0. The summed E-state index contributed by atoms with van der Waals surface area (Å²) >= 11 is 6.10. The highest BCUT2D eigenvalue weighted by Gasteiger charge is 2.26. The summed E-state index contributed by atoms with van der Waals surface area (Å²) in [5.74, 6) is 0.134. The molecule has 10 heteroatoms. The molecule has 0 aliphatic carbocycles. The van der Waals surface area contributed by atoms with Crippen molar-refractivity contribution in [2.24, 2.45) is 0 Å². The molecule has 0 spiro atoms. The van der Waals surface area contributed by atoms with Crippen LogP contribution in [-0.2, 0) is 26.2 Å². The summed E-state index contributed by atoms with van der Waals surface area (Å²) in [5.41, 5.74) is 1.29. The Morgan fingerprint density at radius 2 is 1.83 bits per heavy atom. The summed E-state index contributed by atoms with van der Waals surface area (Å²) in [6.45, 7) is 4.50. The number of nitrogens with one attached hydrogen (secondary N) is 1. The molecule has 1 atom stereocenters. The molecule has 0 radical (unpaired) electrons. The van der Waals surface area contributed by atoms with Gasteiger partial charge in [-0.3, -0.25) is 13.9 Å². The summed E-state index contributed by atoms with van der Waals surface area (Å²) in [6, 6.07) is 13.1. The Labute approximate surface area is 213 Å². The van der Waals surface area contributed by atoms with Crippen molar-refractivity contribution in [3.63, 3.8) is 0 Å². The number of hydrogen-bond donors (Lipinski definition) is 1. The molecule has 2 amide bonds. The highest BCUT2D eigenvalue weighted by atomic mass is 35.5. The minimum Gasteiger partial charge on any atom is -0.497 e. The van der Waals surface area contributed by atoms with E-state index >= 15 is 0 Å². The van der Waals surface area contributed by atoms with Crippen LogP contribution in [0.25, 0.3) is 0 Å². The summed E-state index contributed by atoms with van der Waals surface area (Å²) in [7, 11) is -2.02. The van der Waals surface area contributed by atoms with E-state index in [9.17, 15) is 18.0 Å². The number of anilines is 1. The Hall–Kier alpha value is -2.78. The third-order valence-corrected chi connectivity index (χ3v) is 6.90. The molecule has 0 fully saturated rings. The minimum atomic E-state index is -3.56. The van der Waals surface area contributed by atoms with E-state index in [1.54, 1.807) is 49.4 Å². The average molecular weight is 524 g/mol. The molecule has 0 saturated heterocycles. The van der Waals surface area contributed by atoms with Crippen LogP contribution in [0, 0.1) is 0 Å². The molecule has 0 aliphatic heterocycles. The minimum absolute atomic E-state index is 0.0775. The molecule has 1 N–H and O–H groups in total. The lowest BCUT2D eigenvalue weighted by Crippen LogP contribution is -2.47. The second-order valence-electron chi connectivity index (χ2n) is 8.26. The molecule has 0 aliphatic rings. The fourth-order valence-electron chi connectivity index (χ4n) is 3.56. The van der Waals surface area contributed by atoms with Crippen LogP contribution in [0.1, 0.15) is 38.7 Å². The standard InChI is InChI=1S/C25H34ClN3O5S/c1-5-15-27-25(31)19(2)28(18-20-8-6-9-21(26)17-20)24(30)10-7-16-29(35(4,32)33)22-11-13-23(34-3)14-12-22/h6,8-9,11-14,17,19H,5,7,10,15-16,18H2,1-4H3,(H,27,31). The summed E-state index contributed by atoms with van der Waals surface area (Å²) < 4.78 is 31.2. The van der Waals surface area contributed by atoms with Crippen molar-refractivity contribution in [3.8, 4) is 5.75 Å². The number of hydrogen-bond acceptors (Lipinski definition) is 5. The van der Waals surface area contributed by atoms with Gasteiger partial charge in [0.05, 0.1) is 19.1 Å². The summed E-state index contributed by atoms with van der Waals surface area (Å²) in [6.07, 6.45) is 2.28. The number of benzene rings is 2. The quantitative estimate of drug-likeness (QED) is 0.430. The largest absolute Gasteiger partial charge is 0.497 e. The smallest absolute Gasteiger partial charge is 0.242 e. The average Bonchev–Trinajstić information content (AvgIpc) is 2.82. The van der Waals surface area contributed by atoms with Crippen LogP contribution in [0.15, 0.2) is 48.5 Å². The SMILES string of the molecule is CCCNC(=O)C(C)N(Cc1cccc(Cl)c1)C(=O)CCCN(c1ccc(OC)cc1)S(C)(=O)=O. The van der Waals surface area contributed by atoms with Gasteiger partial charge in [-0.1, -0.05) is 30.7 Å². The van der Waals surface area contributed by atoms with Gasteiger partial charge in [0.15, 0.2) is 0 Å². The van der Waals surface area contributed by atoms with Crippen molar-refractivity contribution < 1.29 is 22.7 Å². The third kappa shape index (κ3) is 8.74. The maximum atomic E-state index is 13.2. The molecule has 1 unspecified atom stereocenters. The van der Waals surface area contributed by atoms with Crippen molar-refractivity contribution in [1.82, 2.24) is 10.2 Å². The molecule has 2 rings (SSSR count). The topological polar surface area (TPSA) is 96.0 Å². The molecule has 2 aromatic carbocycles. The zero-order valence-corrected chi connectivity index (χ0v) is 22.2. The Bertz CT molecular complexity index is 1090. The normalized spacial score (nSPS) is 12.0. The second kappa shape index (κ2) is 13.3. The highest BCUT2D eigenvalue weighted by molar-refractivity contribution is 7.92. The molecular weight excluding hydrogens is 490 g/mol. The Kier molecular flexibility index (Phi) is 10.9. The predicted octanol–water partition coefficient (Wildman–Crippen LogP) is 3.84. The van der Waals surface area contributed by atoms with E-state index in [1.807, 2.05) is 13.0 Å². The molecule has 0 heterocycles. The van der Waals surface area contributed by atoms with E-state index in [0.29, 0.717) is 23.0 Å². The van der Waals surface area contributed by atoms with Gasteiger partial charge in [0.2, 0.25) is 21.8 Å². The number of amides is 2. The van der Waals surface area contributed by atoms with E-state index in [4.69, 9.17) is 16.3 Å². The van der Waals surface area contributed by atoms with Crippen LogP contribution in [0.5, 0.6) is 5.75 Å². The number of carbonyl (C=O) groups excluding carboxylic acids is 2. The van der Waals surface area contributed by atoms with Crippen LogP contribution >= 0.6 is 11.6 Å². The molecule has 0 saturated carbocycles. The van der Waals surface area contributed by atoms with Crippen molar-refractivity contribution in [1.29, 1.82) is 0 Å². The Morgan fingerprint density at radius 1 is 1.14 bits per heavy atom. The van der Waals surface area contributed by atoms with Gasteiger partial charge in [-0.25, -0.2) is 8.42 Å². The second-order valence-corrected chi connectivity index (χ2v) is 10.6. The molecule has 8 nitrogen and oxygen atoms in total. The van der Waals surface area contributed by atoms with E-state index in [1.165, 1.54) is 16.3 Å². The van der Waals surface area contributed by atoms with Gasteiger partial charge in [0.25, 0.3) is 0 Å². The number of rotatable bonds is 13. The van der Waals surface area contributed by atoms with Gasteiger partial charge in [-0.15, -0.1) is 0 Å². The number of carbonyl (C=O) groups is 2. The summed E-state index contributed by atoms with van der Waals surface area (Å²) in [4.78, 5) is 27.4. The molecule has 35 heavy (non-hydrogen) atoms. The van der Waals surface area contributed by atoms with Crippen molar-refractivity contribution >= 4 is 39.1 Å². The zero-order valence-electron chi connectivity index (χ0n) is 20.7. The number of sulfonamides is 1. The van der Waals surface area contributed by atoms with Crippen LogP contribution in [0.3, 0.4) is 0 Å². The van der Waals surface area contributed by atoms with Gasteiger partial charge >= 0.3 is 0 Å². The van der Waals surface area contributed by atoms with Crippen molar-refractivity contribution in [2.75, 3.05) is 30.8 Å². The van der Waals surface area contributed by atoms with Gasteiger partial charge in [-0.2, -0.15) is 0 Å². The molecule has 192 valence electrons. The van der Waals surface area contributed by atoms with Crippen LogP contribution in [-0.4, -0.2) is 57.6 Å². The number of methoxy groups -OCH3 is 1. The summed E-state index contributed by atoms with van der Waals surface area (Å²) in [5, 5.41) is 3.38. The first-order valence-corrected chi connectivity index (χ1v) is 13.7. The van der Waals surface area contributed by atoms with E-state index < -0.39 is 16.1 Å². The monoisotopic (exact) mass is 523 g/mol. The third-order valence-electron chi connectivity index (χ3n) is 5.47. The first-order chi connectivity index (χ1) is 16.6. The predicted molar refractivity (Wildman–Crippen MR) is 139 cm³/mol. The van der Waals surface area contributed by atoms with E-state index in [2.05, 4.69) is 5.32 Å². The molecule has 0 aromatic heterocycles. The van der Waals surface area contributed by atoms with E-state index in [-0.39, 0.29) is 37.7 Å². The highest BCUT2D eigenvalue weighted by Crippen LogP contribution is 2.22. The maximum Gasteiger partial charge on any atom is 0.242 e. The maximum absolute atomic E-state index is 13.2. The first kappa shape index (κ1) is 28.5. The number of halogens is 1. The fraction of sp³-hybridized carbons (Fsp3) is 0.440. The molecule has 2 aromatic rings.